The first-order chi connectivity index (χ1) is 18.5. The Morgan fingerprint density at radius 1 is 1.03 bits per heavy atom. The van der Waals surface area contributed by atoms with Crippen molar-refractivity contribution in [2.75, 3.05) is 49.5 Å². The zero-order chi connectivity index (χ0) is 26.5. The molecule has 7 nitrogen and oxygen atoms in total. The molecule has 0 unspecified atom stereocenters. The molecule has 0 saturated heterocycles. The van der Waals surface area contributed by atoms with Gasteiger partial charge in [-0.15, -0.1) is 0 Å². The van der Waals surface area contributed by atoms with Crippen LogP contribution < -0.4 is 15.0 Å². The van der Waals surface area contributed by atoms with E-state index in [4.69, 9.17) is 16.3 Å². The van der Waals surface area contributed by atoms with Crippen molar-refractivity contribution >= 4 is 50.7 Å². The number of hydrogen-bond donors (Lipinski definition) is 1. The van der Waals surface area contributed by atoms with Gasteiger partial charge in [0.2, 0.25) is 5.91 Å². The molecule has 198 valence electrons. The van der Waals surface area contributed by atoms with Crippen molar-refractivity contribution in [1.82, 2.24) is 9.80 Å². The first kappa shape index (κ1) is 26.5. The fourth-order valence-corrected chi connectivity index (χ4v) is 5.50. The number of halogens is 2. The summed E-state index contributed by atoms with van der Waals surface area (Å²) in [6, 6.07) is 21.7. The van der Waals surface area contributed by atoms with Crippen LogP contribution >= 0.6 is 27.5 Å². The van der Waals surface area contributed by atoms with Gasteiger partial charge in [0.15, 0.2) is 12.4 Å². The Morgan fingerprint density at radius 3 is 2.71 bits per heavy atom. The van der Waals surface area contributed by atoms with Crippen molar-refractivity contribution in [2.45, 2.75) is 19.5 Å². The van der Waals surface area contributed by atoms with E-state index in [0.717, 1.165) is 48.3 Å². The smallest absolute Gasteiger partial charge is 0.265 e. The molecule has 0 saturated carbocycles. The second kappa shape index (κ2) is 12.2. The van der Waals surface area contributed by atoms with Crippen molar-refractivity contribution in [3.63, 3.8) is 0 Å². The van der Waals surface area contributed by atoms with Crippen LogP contribution in [0.5, 0.6) is 5.75 Å². The van der Waals surface area contributed by atoms with Crippen LogP contribution in [0.3, 0.4) is 0 Å². The lowest BCUT2D eigenvalue weighted by Gasteiger charge is -2.32. The monoisotopic (exact) mass is 596 g/mol. The van der Waals surface area contributed by atoms with Gasteiger partial charge in [-0.3, -0.25) is 19.4 Å². The molecular formula is C29H30BrClN4O3. The number of nitrogens with zero attached hydrogens (tertiary/aromatic N) is 3. The number of anilines is 2. The third-order valence-corrected chi connectivity index (χ3v) is 7.65. The summed E-state index contributed by atoms with van der Waals surface area (Å²) in [6.07, 6.45) is 0.982. The second-order valence-electron chi connectivity index (χ2n) is 9.52. The number of nitrogens with one attached hydrogen (secondary N) is 1. The lowest BCUT2D eigenvalue weighted by molar-refractivity contribution is -0.132. The minimum Gasteiger partial charge on any atom is -0.480 e. The molecule has 0 radical (unpaired) electrons. The highest BCUT2D eigenvalue weighted by Gasteiger charge is 2.30. The Morgan fingerprint density at radius 2 is 1.87 bits per heavy atom. The van der Waals surface area contributed by atoms with Crippen LogP contribution in [0.4, 0.5) is 11.4 Å². The number of carbonyl (C=O) groups excluding carboxylic acids is 2. The molecule has 0 bridgehead atoms. The van der Waals surface area contributed by atoms with Crippen molar-refractivity contribution in [2.24, 2.45) is 0 Å². The molecule has 3 aromatic rings. The van der Waals surface area contributed by atoms with E-state index in [1.165, 1.54) is 10.5 Å². The molecule has 2 aliphatic rings. The maximum Gasteiger partial charge on any atom is 0.265 e. The molecule has 0 atom stereocenters. The number of carbonyl (C=O) groups is 2. The quantitative estimate of drug-likeness (QED) is 0.449. The average molecular weight is 598 g/mol. The second-order valence-corrected chi connectivity index (χ2v) is 10.8. The van der Waals surface area contributed by atoms with Crippen LogP contribution in [0.25, 0.3) is 0 Å². The normalized spacial score (nSPS) is 16.5. The van der Waals surface area contributed by atoms with Crippen molar-refractivity contribution < 1.29 is 14.3 Å². The Labute approximate surface area is 236 Å². The van der Waals surface area contributed by atoms with Gasteiger partial charge in [0, 0.05) is 49.4 Å². The Kier molecular flexibility index (Phi) is 8.51. The number of benzene rings is 3. The van der Waals surface area contributed by atoms with Gasteiger partial charge in [-0.1, -0.05) is 63.9 Å². The molecular weight excluding hydrogens is 568 g/mol. The van der Waals surface area contributed by atoms with Gasteiger partial charge in [-0.2, -0.15) is 0 Å². The molecule has 0 fully saturated rings. The third-order valence-electron chi connectivity index (χ3n) is 6.85. The van der Waals surface area contributed by atoms with Gasteiger partial charge in [-0.05, 0) is 47.9 Å². The molecule has 5 rings (SSSR count). The number of ether oxygens (including phenoxy) is 1. The predicted molar refractivity (Wildman–Crippen MR) is 154 cm³/mol. The molecule has 0 aliphatic carbocycles. The highest BCUT2D eigenvalue weighted by atomic mass is 79.9. The fourth-order valence-electron chi connectivity index (χ4n) is 4.87. The number of para-hydroxylation sites is 1. The standard InChI is InChI=1S/C29H30BrClN4O3/c30-23-10-11-25-22(16-23)18-34(15-14-33(13-5-12-32-25)17-21-6-2-1-3-7-21)27(36)19-35-26-9-4-8-24(31)29(26)38-20-28(35)37/h1-4,6-11,16,32H,5,12-15,17-20H2. The Bertz CT molecular complexity index is 1310. The fraction of sp³-hybridized carbons (Fsp3) is 0.310. The SMILES string of the molecule is O=C(CN1C(=O)COc2c(Cl)cccc21)N1CCN(Cc2ccccc2)CCCNc2ccc(Br)cc2C1. The Balaban J connectivity index is 1.40. The topological polar surface area (TPSA) is 65.1 Å². The zero-order valence-corrected chi connectivity index (χ0v) is 23.4. The largest absolute Gasteiger partial charge is 0.480 e. The van der Waals surface area contributed by atoms with E-state index in [9.17, 15) is 9.59 Å². The van der Waals surface area contributed by atoms with Gasteiger partial charge in [0.05, 0.1) is 10.7 Å². The van der Waals surface area contributed by atoms with E-state index in [1.54, 1.807) is 18.2 Å². The van der Waals surface area contributed by atoms with Gasteiger partial charge < -0.3 is 15.0 Å². The maximum absolute atomic E-state index is 13.8. The molecule has 38 heavy (non-hydrogen) atoms. The number of rotatable bonds is 4. The van der Waals surface area contributed by atoms with E-state index in [1.807, 2.05) is 23.1 Å². The predicted octanol–water partition coefficient (Wildman–Crippen LogP) is 5.17. The van der Waals surface area contributed by atoms with Gasteiger partial charge >= 0.3 is 0 Å². The lowest BCUT2D eigenvalue weighted by atomic mass is 10.1. The van der Waals surface area contributed by atoms with E-state index in [2.05, 4.69) is 56.5 Å². The van der Waals surface area contributed by atoms with E-state index >= 15 is 0 Å². The van der Waals surface area contributed by atoms with Crippen LogP contribution in [0.1, 0.15) is 17.5 Å². The van der Waals surface area contributed by atoms with Crippen molar-refractivity contribution in [3.8, 4) is 5.75 Å². The van der Waals surface area contributed by atoms with Crippen molar-refractivity contribution in [3.05, 3.63) is 87.4 Å². The number of hydrogen-bond acceptors (Lipinski definition) is 5. The minimum atomic E-state index is -0.263. The lowest BCUT2D eigenvalue weighted by Crippen LogP contribution is -2.47. The highest BCUT2D eigenvalue weighted by Crippen LogP contribution is 2.38. The van der Waals surface area contributed by atoms with Crippen LogP contribution in [0.15, 0.2) is 71.2 Å². The summed E-state index contributed by atoms with van der Waals surface area (Å²) in [5, 5.41) is 3.98. The average Bonchev–Trinajstić information content (AvgIpc) is 2.95. The first-order valence-electron chi connectivity index (χ1n) is 12.8. The van der Waals surface area contributed by atoms with E-state index < -0.39 is 0 Å². The maximum atomic E-state index is 13.8. The van der Waals surface area contributed by atoms with Gasteiger partial charge in [0.1, 0.15) is 6.54 Å². The third kappa shape index (κ3) is 6.31. The molecule has 0 aromatic heterocycles. The summed E-state index contributed by atoms with van der Waals surface area (Å²) >= 11 is 9.89. The molecule has 1 N–H and O–H groups in total. The number of amides is 2. The van der Waals surface area contributed by atoms with Crippen LogP contribution in [-0.2, 0) is 22.7 Å². The molecule has 9 heteroatoms. The highest BCUT2D eigenvalue weighted by molar-refractivity contribution is 9.10. The van der Waals surface area contributed by atoms with Gasteiger partial charge in [-0.25, -0.2) is 0 Å². The molecule has 2 amide bonds. The summed E-state index contributed by atoms with van der Waals surface area (Å²) in [6.45, 7) is 4.04. The minimum absolute atomic E-state index is 0.0784. The zero-order valence-electron chi connectivity index (χ0n) is 21.0. The molecule has 0 spiro atoms. The summed E-state index contributed by atoms with van der Waals surface area (Å²) in [7, 11) is 0. The van der Waals surface area contributed by atoms with Crippen LogP contribution in [0.2, 0.25) is 5.02 Å². The molecule has 2 aliphatic heterocycles. The summed E-state index contributed by atoms with van der Waals surface area (Å²) in [4.78, 5) is 32.4. The Hall–Kier alpha value is -3.07. The van der Waals surface area contributed by atoms with Crippen LogP contribution in [-0.4, -0.2) is 60.9 Å². The van der Waals surface area contributed by atoms with E-state index in [-0.39, 0.29) is 25.0 Å². The summed E-state index contributed by atoms with van der Waals surface area (Å²) in [5.74, 6) is 0.0454. The van der Waals surface area contributed by atoms with Crippen molar-refractivity contribution in [1.29, 1.82) is 0 Å². The van der Waals surface area contributed by atoms with Gasteiger partial charge in [0.25, 0.3) is 5.91 Å². The van der Waals surface area contributed by atoms with E-state index in [0.29, 0.717) is 29.5 Å². The first-order valence-corrected chi connectivity index (χ1v) is 13.9. The molecule has 2 heterocycles. The summed E-state index contributed by atoms with van der Waals surface area (Å²) < 4.78 is 6.52. The number of fused-ring (bicyclic) bond motifs is 2. The molecule has 3 aromatic carbocycles. The van der Waals surface area contributed by atoms with Crippen LogP contribution in [0, 0.1) is 0 Å². The summed E-state index contributed by atoms with van der Waals surface area (Å²) in [5.41, 5.74) is 3.81.